The first kappa shape index (κ1) is 21.0. The van der Waals surface area contributed by atoms with E-state index in [0.717, 1.165) is 24.3 Å². The molecule has 0 spiro atoms. The molecule has 138 valence electrons. The van der Waals surface area contributed by atoms with E-state index in [2.05, 4.69) is 4.74 Å². The monoisotopic (exact) mass is 393 g/mol. The summed E-state index contributed by atoms with van der Waals surface area (Å²) >= 11 is 0. The molecule has 2 aromatic carbocycles. The van der Waals surface area contributed by atoms with Crippen molar-refractivity contribution in [2.75, 3.05) is 0 Å². The molecule has 0 saturated heterocycles. The van der Waals surface area contributed by atoms with E-state index in [-0.39, 0.29) is 18.0 Å². The van der Waals surface area contributed by atoms with Crippen LogP contribution in [0.4, 0.5) is 35.1 Å². The third kappa shape index (κ3) is 4.31. The van der Waals surface area contributed by atoms with Gasteiger partial charge in [0.1, 0.15) is 5.75 Å². The largest absolute Gasteiger partial charge is 0.573 e. The zero-order valence-corrected chi connectivity index (χ0v) is 12.6. The summed E-state index contributed by atoms with van der Waals surface area (Å²) in [6.45, 7) is 0. The molecule has 0 bridgehead atoms. The number of benzene rings is 2. The van der Waals surface area contributed by atoms with Crippen LogP contribution in [-0.4, -0.2) is 6.36 Å². The maximum Gasteiger partial charge on any atom is 0.573 e. The van der Waals surface area contributed by atoms with E-state index in [9.17, 15) is 35.1 Å². The lowest BCUT2D eigenvalue weighted by Gasteiger charge is -2.16. The van der Waals surface area contributed by atoms with Gasteiger partial charge in [0.2, 0.25) is 5.82 Å². The van der Waals surface area contributed by atoms with Crippen molar-refractivity contribution in [1.29, 1.82) is 0 Å². The Balaban J connectivity index is 0.00000312. The summed E-state index contributed by atoms with van der Waals surface area (Å²) in [5.74, 6) is -11.6. The SMILES string of the molecule is Cl.N[C@H](c1ccc(OC(F)(F)F)cc1)c1c(F)c(F)c(F)c(F)c1F. The number of ether oxygens (including phenoxy) is 1. The first-order valence-corrected chi connectivity index (χ1v) is 6.15. The van der Waals surface area contributed by atoms with E-state index in [4.69, 9.17) is 5.73 Å². The van der Waals surface area contributed by atoms with Crippen LogP contribution in [0.15, 0.2) is 24.3 Å². The minimum atomic E-state index is -4.95. The highest BCUT2D eigenvalue weighted by Crippen LogP contribution is 2.31. The molecule has 25 heavy (non-hydrogen) atoms. The van der Waals surface area contributed by atoms with Crippen molar-refractivity contribution < 1.29 is 39.9 Å². The van der Waals surface area contributed by atoms with Gasteiger partial charge in [-0.3, -0.25) is 0 Å². The molecule has 0 unspecified atom stereocenters. The Morgan fingerprint density at radius 3 is 1.56 bits per heavy atom. The van der Waals surface area contributed by atoms with Gasteiger partial charge in [0.05, 0.1) is 11.6 Å². The zero-order chi connectivity index (χ0) is 18.2. The fourth-order valence-electron chi connectivity index (χ4n) is 1.94. The smallest absolute Gasteiger partial charge is 0.406 e. The summed E-state index contributed by atoms with van der Waals surface area (Å²) < 4.78 is 106. The molecule has 2 N–H and O–H groups in total. The van der Waals surface area contributed by atoms with E-state index < -0.39 is 52.8 Å². The van der Waals surface area contributed by atoms with Gasteiger partial charge >= 0.3 is 6.36 Å². The van der Waals surface area contributed by atoms with Crippen LogP contribution in [0.3, 0.4) is 0 Å². The molecule has 0 heterocycles. The van der Waals surface area contributed by atoms with Crippen molar-refractivity contribution in [3.63, 3.8) is 0 Å². The average Bonchev–Trinajstić information content (AvgIpc) is 2.50. The predicted octanol–water partition coefficient (Wildman–Crippen LogP) is 4.75. The first-order valence-electron chi connectivity index (χ1n) is 6.15. The number of nitrogens with two attached hydrogens (primary N) is 1. The second-order valence-electron chi connectivity index (χ2n) is 4.58. The van der Waals surface area contributed by atoms with Gasteiger partial charge in [-0.15, -0.1) is 25.6 Å². The topological polar surface area (TPSA) is 35.2 Å². The van der Waals surface area contributed by atoms with Gasteiger partial charge in [0.15, 0.2) is 23.3 Å². The number of halogens is 9. The van der Waals surface area contributed by atoms with Crippen molar-refractivity contribution in [1.82, 2.24) is 0 Å². The van der Waals surface area contributed by atoms with Crippen molar-refractivity contribution in [3.05, 3.63) is 64.5 Å². The minimum Gasteiger partial charge on any atom is -0.406 e. The third-order valence-corrected chi connectivity index (χ3v) is 3.03. The molecule has 0 aromatic heterocycles. The Labute approximate surface area is 141 Å². The number of hydrogen-bond donors (Lipinski definition) is 1. The third-order valence-electron chi connectivity index (χ3n) is 3.03. The summed E-state index contributed by atoms with van der Waals surface area (Å²) in [5, 5.41) is 0. The highest BCUT2D eigenvalue weighted by molar-refractivity contribution is 5.85. The van der Waals surface area contributed by atoms with E-state index in [1.165, 1.54) is 0 Å². The highest BCUT2D eigenvalue weighted by atomic mass is 35.5. The summed E-state index contributed by atoms with van der Waals surface area (Å²) in [6, 6.07) is 1.59. The van der Waals surface area contributed by atoms with Crippen LogP contribution < -0.4 is 10.5 Å². The van der Waals surface area contributed by atoms with Gasteiger partial charge in [0, 0.05) is 0 Å². The van der Waals surface area contributed by atoms with Gasteiger partial charge in [0.25, 0.3) is 0 Å². The maximum atomic E-state index is 13.7. The Morgan fingerprint density at radius 2 is 1.16 bits per heavy atom. The summed E-state index contributed by atoms with van der Waals surface area (Å²) in [7, 11) is 0. The van der Waals surface area contributed by atoms with E-state index in [1.54, 1.807) is 0 Å². The molecule has 2 aromatic rings. The molecule has 2 nitrogen and oxygen atoms in total. The second kappa shape index (κ2) is 7.44. The van der Waals surface area contributed by atoms with Gasteiger partial charge < -0.3 is 10.5 Å². The number of rotatable bonds is 3. The Bertz CT molecular complexity index is 734. The first-order chi connectivity index (χ1) is 11.0. The standard InChI is InChI=1S/C14H7F8NO.ClH/c15-8-7(9(16)11(18)12(19)10(8)17)13(23)5-1-3-6(4-2-5)24-14(20,21)22;/h1-4,13H,23H2;1H/t13-;/m1./s1. The fourth-order valence-corrected chi connectivity index (χ4v) is 1.94. The van der Waals surface area contributed by atoms with E-state index in [0.29, 0.717) is 0 Å². The fraction of sp³-hybridized carbons (Fsp3) is 0.143. The lowest BCUT2D eigenvalue weighted by atomic mass is 9.98. The minimum absolute atomic E-state index is 0. The maximum absolute atomic E-state index is 13.7. The molecular weight excluding hydrogens is 386 g/mol. The van der Waals surface area contributed by atoms with E-state index >= 15 is 0 Å². The Kier molecular flexibility index (Phi) is 6.24. The van der Waals surface area contributed by atoms with Gasteiger partial charge in [-0.2, -0.15) is 0 Å². The molecule has 0 fully saturated rings. The van der Waals surface area contributed by atoms with Crippen LogP contribution >= 0.6 is 12.4 Å². The predicted molar refractivity (Wildman–Crippen MR) is 72.6 cm³/mol. The van der Waals surface area contributed by atoms with Crippen LogP contribution in [0, 0.1) is 29.1 Å². The summed E-state index contributed by atoms with van der Waals surface area (Å²) in [4.78, 5) is 0. The van der Waals surface area contributed by atoms with E-state index in [1.807, 2.05) is 0 Å². The normalized spacial score (nSPS) is 12.5. The molecule has 0 amide bonds. The van der Waals surface area contributed by atoms with Gasteiger partial charge in [-0.05, 0) is 17.7 Å². The molecular formula is C14H8ClF8NO. The Hall–Kier alpha value is -2.07. The molecule has 0 saturated carbocycles. The molecule has 0 aliphatic carbocycles. The molecule has 0 radical (unpaired) electrons. The number of alkyl halides is 3. The second-order valence-corrected chi connectivity index (χ2v) is 4.58. The molecule has 0 aliphatic heterocycles. The van der Waals surface area contributed by atoms with Crippen molar-refractivity contribution >= 4 is 12.4 Å². The lowest BCUT2D eigenvalue weighted by molar-refractivity contribution is -0.274. The number of hydrogen-bond acceptors (Lipinski definition) is 2. The molecule has 2 rings (SSSR count). The van der Waals surface area contributed by atoms with Crippen molar-refractivity contribution in [2.24, 2.45) is 5.73 Å². The van der Waals surface area contributed by atoms with Gasteiger partial charge in [-0.1, -0.05) is 12.1 Å². The van der Waals surface area contributed by atoms with Crippen LogP contribution in [-0.2, 0) is 0 Å². The summed E-state index contributed by atoms with van der Waals surface area (Å²) in [6.07, 6.45) is -4.95. The lowest BCUT2D eigenvalue weighted by Crippen LogP contribution is -2.19. The quantitative estimate of drug-likeness (QED) is 0.464. The molecule has 0 aliphatic rings. The zero-order valence-electron chi connectivity index (χ0n) is 11.8. The summed E-state index contributed by atoms with van der Waals surface area (Å²) in [5.41, 5.74) is 4.00. The van der Waals surface area contributed by atoms with Crippen LogP contribution in [0.1, 0.15) is 17.2 Å². The molecule has 1 atom stereocenters. The van der Waals surface area contributed by atoms with Crippen LogP contribution in [0.5, 0.6) is 5.75 Å². The highest BCUT2D eigenvalue weighted by Gasteiger charge is 2.32. The molecule has 11 heteroatoms. The average molecular weight is 394 g/mol. The van der Waals surface area contributed by atoms with Crippen molar-refractivity contribution in [3.8, 4) is 5.75 Å². The van der Waals surface area contributed by atoms with Crippen molar-refractivity contribution in [2.45, 2.75) is 12.4 Å². The van der Waals surface area contributed by atoms with Crippen LogP contribution in [0.25, 0.3) is 0 Å². The van der Waals surface area contributed by atoms with Crippen LogP contribution in [0.2, 0.25) is 0 Å². The Morgan fingerprint density at radius 1 is 0.760 bits per heavy atom. The van der Waals surface area contributed by atoms with Gasteiger partial charge in [-0.25, -0.2) is 22.0 Å².